The number of nitrogen functional groups attached to an aromatic ring is 1. The molecule has 2 aromatic heterocycles. The largest absolute Gasteiger partial charge is 0.396 e. The summed E-state index contributed by atoms with van der Waals surface area (Å²) in [5.74, 6) is 2.15. The van der Waals surface area contributed by atoms with Gasteiger partial charge in [0.2, 0.25) is 0 Å². The van der Waals surface area contributed by atoms with Crippen molar-refractivity contribution in [2.45, 2.75) is 20.8 Å². The molecular formula is C10H13N5. The van der Waals surface area contributed by atoms with Crippen molar-refractivity contribution in [1.29, 1.82) is 0 Å². The number of nitrogens with zero attached hydrogens (tertiary/aromatic N) is 4. The van der Waals surface area contributed by atoms with Crippen molar-refractivity contribution in [2.24, 2.45) is 0 Å². The maximum atomic E-state index is 5.85. The molecule has 0 saturated heterocycles. The standard InChI is InChI=1S/C10H13N5/c1-6-4-5-9(11)10(12-6)15-8(3)13-7(2)14-15/h4-5H,11H2,1-3H3. The van der Waals surface area contributed by atoms with E-state index >= 15 is 0 Å². The van der Waals surface area contributed by atoms with Crippen LogP contribution in [0.5, 0.6) is 0 Å². The summed E-state index contributed by atoms with van der Waals surface area (Å²) in [5, 5.41) is 4.25. The van der Waals surface area contributed by atoms with Crippen LogP contribution in [0.4, 0.5) is 5.69 Å². The van der Waals surface area contributed by atoms with Crippen molar-refractivity contribution < 1.29 is 0 Å². The lowest BCUT2D eigenvalue weighted by Gasteiger charge is -2.06. The van der Waals surface area contributed by atoms with E-state index < -0.39 is 0 Å². The van der Waals surface area contributed by atoms with Gasteiger partial charge in [-0.15, -0.1) is 5.10 Å². The molecule has 5 nitrogen and oxygen atoms in total. The van der Waals surface area contributed by atoms with E-state index in [4.69, 9.17) is 5.73 Å². The van der Waals surface area contributed by atoms with E-state index in [9.17, 15) is 0 Å². The number of aromatic nitrogens is 4. The van der Waals surface area contributed by atoms with E-state index in [-0.39, 0.29) is 0 Å². The first kappa shape index (κ1) is 9.64. The smallest absolute Gasteiger partial charge is 0.178 e. The minimum atomic E-state index is 0.605. The molecule has 0 radical (unpaired) electrons. The van der Waals surface area contributed by atoms with Crippen LogP contribution < -0.4 is 5.73 Å². The van der Waals surface area contributed by atoms with E-state index in [1.54, 1.807) is 4.68 Å². The summed E-state index contributed by atoms with van der Waals surface area (Å²) < 4.78 is 1.66. The highest BCUT2D eigenvalue weighted by molar-refractivity contribution is 5.53. The highest BCUT2D eigenvalue weighted by Crippen LogP contribution is 2.15. The van der Waals surface area contributed by atoms with Crippen molar-refractivity contribution in [1.82, 2.24) is 19.7 Å². The third kappa shape index (κ3) is 1.68. The quantitative estimate of drug-likeness (QED) is 0.755. The van der Waals surface area contributed by atoms with Crippen molar-refractivity contribution in [3.05, 3.63) is 29.5 Å². The van der Waals surface area contributed by atoms with E-state index in [1.165, 1.54) is 0 Å². The molecule has 0 saturated carbocycles. The molecule has 2 rings (SSSR count). The predicted molar refractivity (Wildman–Crippen MR) is 57.8 cm³/mol. The Balaban J connectivity index is 2.62. The molecule has 0 unspecified atom stereocenters. The van der Waals surface area contributed by atoms with Crippen LogP contribution in [-0.2, 0) is 0 Å². The molecule has 15 heavy (non-hydrogen) atoms. The monoisotopic (exact) mass is 203 g/mol. The van der Waals surface area contributed by atoms with Crippen LogP contribution in [0, 0.1) is 20.8 Å². The number of anilines is 1. The summed E-state index contributed by atoms with van der Waals surface area (Å²) in [6, 6.07) is 3.70. The van der Waals surface area contributed by atoms with Crippen molar-refractivity contribution >= 4 is 5.69 Å². The van der Waals surface area contributed by atoms with E-state index in [0.717, 1.165) is 17.3 Å². The average Bonchev–Trinajstić information content (AvgIpc) is 2.50. The Hall–Kier alpha value is -1.91. The molecule has 78 valence electrons. The van der Waals surface area contributed by atoms with Crippen LogP contribution in [0.3, 0.4) is 0 Å². The Bertz CT molecular complexity index is 501. The molecule has 5 heteroatoms. The minimum absolute atomic E-state index is 0.605. The summed E-state index contributed by atoms with van der Waals surface area (Å²) in [6.07, 6.45) is 0. The van der Waals surface area contributed by atoms with E-state index in [1.807, 2.05) is 32.9 Å². The highest BCUT2D eigenvalue weighted by atomic mass is 15.4. The van der Waals surface area contributed by atoms with Crippen LogP contribution >= 0.6 is 0 Å². The zero-order chi connectivity index (χ0) is 11.0. The van der Waals surface area contributed by atoms with Crippen molar-refractivity contribution in [3.63, 3.8) is 0 Å². The van der Waals surface area contributed by atoms with Crippen LogP contribution in [-0.4, -0.2) is 19.7 Å². The predicted octanol–water partition coefficient (Wildman–Crippen LogP) is 1.17. The first-order valence-corrected chi connectivity index (χ1v) is 4.71. The zero-order valence-electron chi connectivity index (χ0n) is 9.02. The maximum Gasteiger partial charge on any atom is 0.178 e. The summed E-state index contributed by atoms with van der Waals surface area (Å²) in [5.41, 5.74) is 7.36. The summed E-state index contributed by atoms with van der Waals surface area (Å²) >= 11 is 0. The second kappa shape index (κ2) is 3.34. The Kier molecular flexibility index (Phi) is 2.15. The topological polar surface area (TPSA) is 69.6 Å². The van der Waals surface area contributed by atoms with Crippen LogP contribution in [0.2, 0.25) is 0 Å². The lowest BCUT2D eigenvalue weighted by atomic mass is 10.3. The molecule has 0 amide bonds. The number of nitrogens with two attached hydrogens (primary N) is 1. The molecule has 2 N–H and O–H groups in total. The number of rotatable bonds is 1. The second-order valence-electron chi connectivity index (χ2n) is 3.48. The number of hydrogen-bond acceptors (Lipinski definition) is 4. The lowest BCUT2D eigenvalue weighted by Crippen LogP contribution is -2.07. The van der Waals surface area contributed by atoms with E-state index in [2.05, 4.69) is 15.1 Å². The fraction of sp³-hybridized carbons (Fsp3) is 0.300. The molecular weight excluding hydrogens is 190 g/mol. The third-order valence-electron chi connectivity index (χ3n) is 2.12. The van der Waals surface area contributed by atoms with E-state index in [0.29, 0.717) is 11.5 Å². The first-order chi connectivity index (χ1) is 7.08. The molecule has 0 spiro atoms. The molecule has 0 atom stereocenters. The summed E-state index contributed by atoms with van der Waals surface area (Å²) in [7, 11) is 0. The number of aryl methyl sites for hydroxylation is 3. The second-order valence-corrected chi connectivity index (χ2v) is 3.48. The lowest BCUT2D eigenvalue weighted by molar-refractivity contribution is 0.802. The van der Waals surface area contributed by atoms with Gasteiger partial charge in [0.15, 0.2) is 5.82 Å². The molecule has 0 aliphatic carbocycles. The van der Waals surface area contributed by atoms with Gasteiger partial charge < -0.3 is 5.73 Å². The Morgan fingerprint density at radius 3 is 2.47 bits per heavy atom. The van der Waals surface area contributed by atoms with Crippen LogP contribution in [0.25, 0.3) is 5.82 Å². The van der Waals surface area contributed by atoms with Gasteiger partial charge in [0.25, 0.3) is 0 Å². The molecule has 2 heterocycles. The number of pyridine rings is 1. The van der Waals surface area contributed by atoms with Crippen LogP contribution in [0.1, 0.15) is 17.3 Å². The third-order valence-corrected chi connectivity index (χ3v) is 2.12. The normalized spacial score (nSPS) is 10.6. The fourth-order valence-corrected chi connectivity index (χ4v) is 1.45. The zero-order valence-corrected chi connectivity index (χ0v) is 9.02. The van der Waals surface area contributed by atoms with Gasteiger partial charge in [-0.05, 0) is 32.9 Å². The molecule has 0 aliphatic rings. The molecule has 0 aliphatic heterocycles. The fourth-order valence-electron chi connectivity index (χ4n) is 1.45. The SMILES string of the molecule is Cc1ccc(N)c(-n2nc(C)nc2C)n1. The molecule has 2 aromatic rings. The van der Waals surface area contributed by atoms with Gasteiger partial charge in [-0.1, -0.05) is 0 Å². The van der Waals surface area contributed by atoms with Gasteiger partial charge in [-0.3, -0.25) is 0 Å². The Morgan fingerprint density at radius 1 is 1.13 bits per heavy atom. The van der Waals surface area contributed by atoms with Gasteiger partial charge in [0.05, 0.1) is 5.69 Å². The summed E-state index contributed by atoms with van der Waals surface area (Å²) in [6.45, 7) is 5.64. The summed E-state index contributed by atoms with van der Waals surface area (Å²) in [4.78, 5) is 8.57. The van der Waals surface area contributed by atoms with Gasteiger partial charge in [-0.25, -0.2) is 9.97 Å². The minimum Gasteiger partial charge on any atom is -0.396 e. The van der Waals surface area contributed by atoms with Gasteiger partial charge in [0.1, 0.15) is 11.6 Å². The van der Waals surface area contributed by atoms with Gasteiger partial charge in [0, 0.05) is 5.69 Å². The first-order valence-electron chi connectivity index (χ1n) is 4.71. The van der Waals surface area contributed by atoms with Crippen molar-refractivity contribution in [2.75, 3.05) is 5.73 Å². The van der Waals surface area contributed by atoms with Crippen LogP contribution in [0.15, 0.2) is 12.1 Å². The maximum absolute atomic E-state index is 5.85. The van der Waals surface area contributed by atoms with Gasteiger partial charge >= 0.3 is 0 Å². The molecule has 0 fully saturated rings. The molecule has 0 aromatic carbocycles. The molecule has 0 bridgehead atoms. The average molecular weight is 203 g/mol. The Labute approximate surface area is 88.0 Å². The van der Waals surface area contributed by atoms with Gasteiger partial charge in [-0.2, -0.15) is 4.68 Å². The van der Waals surface area contributed by atoms with Crippen molar-refractivity contribution in [3.8, 4) is 5.82 Å². The number of hydrogen-bond donors (Lipinski definition) is 1. The Morgan fingerprint density at radius 2 is 1.87 bits per heavy atom. The highest BCUT2D eigenvalue weighted by Gasteiger charge is 2.09.